The average molecular weight is 222 g/mol. The number of thioether (sulfide) groups is 1. The van der Waals surface area contributed by atoms with Crippen molar-refractivity contribution in [3.05, 3.63) is 23.8 Å². The highest BCUT2D eigenvalue weighted by molar-refractivity contribution is 7.99. The Bertz CT molecular complexity index is 345. The molecule has 1 aliphatic rings. The summed E-state index contributed by atoms with van der Waals surface area (Å²) in [7, 11) is 2.15. The minimum Gasteiger partial charge on any atom is -0.397 e. The monoisotopic (exact) mass is 222 g/mol. The molecule has 2 N–H and O–H groups in total. The van der Waals surface area contributed by atoms with Gasteiger partial charge in [-0.05, 0) is 36.8 Å². The second-order valence-corrected chi connectivity index (χ2v) is 5.34. The molecule has 1 aliphatic heterocycles. The van der Waals surface area contributed by atoms with Crippen molar-refractivity contribution in [1.82, 2.24) is 0 Å². The predicted octanol–water partition coefficient (Wildman–Crippen LogP) is 2.52. The van der Waals surface area contributed by atoms with Crippen LogP contribution in [0.15, 0.2) is 18.2 Å². The SMILES string of the molecule is Cc1ccc(N(C)C2CCSC2)c(N)c1. The van der Waals surface area contributed by atoms with E-state index < -0.39 is 0 Å². The number of hydrogen-bond donors (Lipinski definition) is 1. The standard InChI is InChI=1S/C12H18N2S/c1-9-3-4-12(11(13)7-9)14(2)10-5-6-15-8-10/h3-4,7,10H,5-6,8,13H2,1-2H3. The van der Waals surface area contributed by atoms with Crippen molar-refractivity contribution in [1.29, 1.82) is 0 Å². The van der Waals surface area contributed by atoms with Gasteiger partial charge in [-0.3, -0.25) is 0 Å². The fourth-order valence-electron chi connectivity index (χ4n) is 2.02. The van der Waals surface area contributed by atoms with Gasteiger partial charge >= 0.3 is 0 Å². The molecule has 3 heteroatoms. The van der Waals surface area contributed by atoms with E-state index in [1.54, 1.807) is 0 Å². The summed E-state index contributed by atoms with van der Waals surface area (Å²) in [5.41, 5.74) is 9.34. The second-order valence-electron chi connectivity index (χ2n) is 4.19. The minimum absolute atomic E-state index is 0.653. The van der Waals surface area contributed by atoms with E-state index in [1.165, 1.54) is 29.2 Å². The van der Waals surface area contributed by atoms with E-state index in [0.717, 1.165) is 5.69 Å². The third-order valence-electron chi connectivity index (χ3n) is 3.02. The molecule has 2 rings (SSSR count). The summed E-state index contributed by atoms with van der Waals surface area (Å²) in [6.07, 6.45) is 1.27. The fourth-order valence-corrected chi connectivity index (χ4v) is 3.29. The van der Waals surface area contributed by atoms with E-state index >= 15 is 0 Å². The number of nitrogens with two attached hydrogens (primary N) is 1. The van der Waals surface area contributed by atoms with Gasteiger partial charge in [0.1, 0.15) is 0 Å². The Kier molecular flexibility index (Phi) is 3.10. The smallest absolute Gasteiger partial charge is 0.0600 e. The first-order valence-corrected chi connectivity index (χ1v) is 6.50. The molecule has 82 valence electrons. The molecule has 2 nitrogen and oxygen atoms in total. The van der Waals surface area contributed by atoms with Crippen LogP contribution in [0.4, 0.5) is 11.4 Å². The van der Waals surface area contributed by atoms with Gasteiger partial charge in [-0.25, -0.2) is 0 Å². The number of nitrogen functional groups attached to an aromatic ring is 1. The molecule has 0 spiro atoms. The van der Waals surface area contributed by atoms with Crippen LogP contribution in [-0.2, 0) is 0 Å². The molecule has 0 aliphatic carbocycles. The summed E-state index contributed by atoms with van der Waals surface area (Å²) < 4.78 is 0. The highest BCUT2D eigenvalue weighted by Crippen LogP contribution is 2.29. The first kappa shape index (κ1) is 10.7. The molecule has 1 aromatic rings. The topological polar surface area (TPSA) is 29.3 Å². The third-order valence-corrected chi connectivity index (χ3v) is 4.16. The zero-order valence-electron chi connectivity index (χ0n) is 9.36. The van der Waals surface area contributed by atoms with Gasteiger partial charge in [0, 0.05) is 18.8 Å². The first-order chi connectivity index (χ1) is 7.18. The molecular weight excluding hydrogens is 204 g/mol. The molecule has 0 bridgehead atoms. The maximum Gasteiger partial charge on any atom is 0.0600 e. The second kappa shape index (κ2) is 4.35. The van der Waals surface area contributed by atoms with Crippen LogP contribution in [0.5, 0.6) is 0 Å². The Morgan fingerprint density at radius 1 is 1.47 bits per heavy atom. The fraction of sp³-hybridized carbons (Fsp3) is 0.500. The number of benzene rings is 1. The van der Waals surface area contributed by atoms with Crippen LogP contribution in [0.1, 0.15) is 12.0 Å². The van der Waals surface area contributed by atoms with Crippen molar-refractivity contribution >= 4 is 23.1 Å². The number of aryl methyl sites for hydroxylation is 1. The molecule has 1 aromatic carbocycles. The molecule has 15 heavy (non-hydrogen) atoms. The van der Waals surface area contributed by atoms with Crippen LogP contribution >= 0.6 is 11.8 Å². The van der Waals surface area contributed by atoms with Gasteiger partial charge < -0.3 is 10.6 Å². The molecule has 0 saturated carbocycles. The molecule has 1 saturated heterocycles. The molecule has 1 heterocycles. The first-order valence-electron chi connectivity index (χ1n) is 5.35. The lowest BCUT2D eigenvalue weighted by Crippen LogP contribution is -2.31. The summed E-state index contributed by atoms with van der Waals surface area (Å²) in [6, 6.07) is 6.96. The maximum atomic E-state index is 6.04. The lowest BCUT2D eigenvalue weighted by atomic mass is 10.1. The largest absolute Gasteiger partial charge is 0.397 e. The number of hydrogen-bond acceptors (Lipinski definition) is 3. The van der Waals surface area contributed by atoms with Gasteiger partial charge in [0.25, 0.3) is 0 Å². The van der Waals surface area contributed by atoms with Crippen molar-refractivity contribution in [2.75, 3.05) is 29.2 Å². The lowest BCUT2D eigenvalue weighted by molar-refractivity contribution is 0.701. The van der Waals surface area contributed by atoms with Gasteiger partial charge in [-0.15, -0.1) is 0 Å². The van der Waals surface area contributed by atoms with Crippen molar-refractivity contribution in [3.63, 3.8) is 0 Å². The molecule has 0 radical (unpaired) electrons. The number of nitrogens with zero attached hydrogens (tertiary/aromatic N) is 1. The van der Waals surface area contributed by atoms with E-state index in [1.807, 2.05) is 17.8 Å². The molecule has 1 fully saturated rings. The van der Waals surface area contributed by atoms with Gasteiger partial charge in [-0.1, -0.05) is 6.07 Å². The Labute approximate surface area is 95.8 Å². The van der Waals surface area contributed by atoms with Crippen LogP contribution in [0, 0.1) is 6.92 Å². The van der Waals surface area contributed by atoms with E-state index in [9.17, 15) is 0 Å². The third kappa shape index (κ3) is 2.23. The molecule has 1 atom stereocenters. The van der Waals surface area contributed by atoms with Gasteiger partial charge in [0.2, 0.25) is 0 Å². The van der Waals surface area contributed by atoms with Crippen LogP contribution < -0.4 is 10.6 Å². The molecule has 1 unspecified atom stereocenters. The van der Waals surface area contributed by atoms with Gasteiger partial charge in [-0.2, -0.15) is 11.8 Å². The molecule has 0 amide bonds. The van der Waals surface area contributed by atoms with Crippen LogP contribution in [0.2, 0.25) is 0 Å². The van der Waals surface area contributed by atoms with E-state index in [-0.39, 0.29) is 0 Å². The Morgan fingerprint density at radius 3 is 2.87 bits per heavy atom. The van der Waals surface area contributed by atoms with Crippen LogP contribution in [-0.4, -0.2) is 24.6 Å². The molecule has 0 aromatic heterocycles. The summed E-state index contributed by atoms with van der Waals surface area (Å²) in [6.45, 7) is 2.07. The van der Waals surface area contributed by atoms with E-state index in [0.29, 0.717) is 6.04 Å². The predicted molar refractivity (Wildman–Crippen MR) is 69.7 cm³/mol. The Balaban J connectivity index is 2.20. The molecular formula is C12H18N2S. The quantitative estimate of drug-likeness (QED) is 0.780. The van der Waals surface area contributed by atoms with Crippen LogP contribution in [0.3, 0.4) is 0 Å². The van der Waals surface area contributed by atoms with Gasteiger partial charge in [0.05, 0.1) is 11.4 Å². The van der Waals surface area contributed by atoms with Gasteiger partial charge in [0.15, 0.2) is 0 Å². The van der Waals surface area contributed by atoms with Crippen molar-refractivity contribution in [3.8, 4) is 0 Å². The van der Waals surface area contributed by atoms with Crippen molar-refractivity contribution in [2.45, 2.75) is 19.4 Å². The minimum atomic E-state index is 0.653. The summed E-state index contributed by atoms with van der Waals surface area (Å²) in [5, 5.41) is 0. The lowest BCUT2D eigenvalue weighted by Gasteiger charge is -2.27. The number of rotatable bonds is 2. The van der Waals surface area contributed by atoms with Crippen molar-refractivity contribution < 1.29 is 0 Å². The van der Waals surface area contributed by atoms with E-state index in [4.69, 9.17) is 5.73 Å². The highest BCUT2D eigenvalue weighted by Gasteiger charge is 2.21. The zero-order chi connectivity index (χ0) is 10.8. The normalized spacial score (nSPS) is 20.5. The van der Waals surface area contributed by atoms with Crippen LogP contribution in [0.25, 0.3) is 0 Å². The Hall–Kier alpha value is -0.830. The summed E-state index contributed by atoms with van der Waals surface area (Å²) in [5.74, 6) is 2.50. The summed E-state index contributed by atoms with van der Waals surface area (Å²) >= 11 is 2.03. The van der Waals surface area contributed by atoms with E-state index in [2.05, 4.69) is 31.0 Å². The highest BCUT2D eigenvalue weighted by atomic mass is 32.2. The Morgan fingerprint density at radius 2 is 2.27 bits per heavy atom. The summed E-state index contributed by atoms with van der Waals surface area (Å²) in [4.78, 5) is 2.33. The average Bonchev–Trinajstić information content (AvgIpc) is 2.69. The zero-order valence-corrected chi connectivity index (χ0v) is 10.2. The van der Waals surface area contributed by atoms with Crippen molar-refractivity contribution in [2.24, 2.45) is 0 Å². The maximum absolute atomic E-state index is 6.04. The number of anilines is 2.